The number of carbonyl (C=O) groups is 4. The number of hydrogen-bond donors (Lipinski definition) is 2. The van der Waals surface area contributed by atoms with Crippen LogP contribution >= 0.6 is 0 Å². The molecular formula is C36H49N5O5. The quantitative estimate of drug-likeness (QED) is 0.375. The molecule has 10 nitrogen and oxygen atoms in total. The van der Waals surface area contributed by atoms with Crippen molar-refractivity contribution in [1.29, 1.82) is 0 Å². The summed E-state index contributed by atoms with van der Waals surface area (Å²) in [5.41, 5.74) is 1.54. The van der Waals surface area contributed by atoms with Gasteiger partial charge in [-0.25, -0.2) is 4.79 Å². The van der Waals surface area contributed by atoms with Crippen molar-refractivity contribution in [3.8, 4) is 0 Å². The lowest BCUT2D eigenvalue weighted by Gasteiger charge is -2.43. The molecule has 46 heavy (non-hydrogen) atoms. The summed E-state index contributed by atoms with van der Waals surface area (Å²) in [6, 6.07) is 18.0. The van der Waals surface area contributed by atoms with E-state index in [0.29, 0.717) is 63.6 Å². The normalized spacial score (nSPS) is 18.5. The lowest BCUT2D eigenvalue weighted by molar-refractivity contribution is -0.137. The van der Waals surface area contributed by atoms with Gasteiger partial charge in [0.2, 0.25) is 5.91 Å². The number of para-hydroxylation sites is 1. The van der Waals surface area contributed by atoms with Gasteiger partial charge >= 0.3 is 6.09 Å². The molecule has 0 bridgehead atoms. The first-order valence-corrected chi connectivity index (χ1v) is 16.8. The lowest BCUT2D eigenvalue weighted by atomic mass is 9.83. The van der Waals surface area contributed by atoms with Crippen molar-refractivity contribution in [2.24, 2.45) is 0 Å². The van der Waals surface area contributed by atoms with Crippen molar-refractivity contribution in [2.75, 3.05) is 44.3 Å². The van der Waals surface area contributed by atoms with Gasteiger partial charge in [-0.1, -0.05) is 49.6 Å². The second-order valence-corrected chi connectivity index (χ2v) is 13.8. The highest BCUT2D eigenvalue weighted by atomic mass is 16.6. The predicted octanol–water partition coefficient (Wildman–Crippen LogP) is 5.05. The molecule has 0 radical (unpaired) electrons. The summed E-state index contributed by atoms with van der Waals surface area (Å²) in [6.45, 7) is 7.30. The molecule has 2 aromatic carbocycles. The number of anilines is 1. The van der Waals surface area contributed by atoms with Crippen LogP contribution in [0.2, 0.25) is 0 Å². The van der Waals surface area contributed by atoms with Crippen molar-refractivity contribution in [2.45, 2.75) is 89.2 Å². The van der Waals surface area contributed by atoms with Gasteiger partial charge in [0.15, 0.2) is 0 Å². The average Bonchev–Trinajstić information content (AvgIpc) is 3.30. The first kappa shape index (κ1) is 33.3. The molecule has 2 heterocycles. The van der Waals surface area contributed by atoms with Crippen LogP contribution in [0.5, 0.6) is 0 Å². The number of likely N-dealkylation sites (tertiary alicyclic amines) is 1. The molecule has 0 atom stereocenters. The highest BCUT2D eigenvalue weighted by Gasteiger charge is 2.54. The number of benzene rings is 2. The van der Waals surface area contributed by atoms with Gasteiger partial charge in [-0.2, -0.15) is 0 Å². The van der Waals surface area contributed by atoms with Gasteiger partial charge in [-0.3, -0.25) is 14.4 Å². The minimum Gasteiger partial charge on any atom is -0.444 e. The fraction of sp³-hybridized carbons (Fsp3) is 0.556. The fourth-order valence-electron chi connectivity index (χ4n) is 6.97. The molecule has 2 N–H and O–H groups in total. The fourth-order valence-corrected chi connectivity index (χ4v) is 6.97. The van der Waals surface area contributed by atoms with Gasteiger partial charge in [0.25, 0.3) is 11.8 Å². The van der Waals surface area contributed by atoms with E-state index in [0.717, 1.165) is 5.69 Å². The number of amides is 4. The Hall–Kier alpha value is -4.08. The van der Waals surface area contributed by atoms with E-state index < -0.39 is 17.2 Å². The maximum atomic E-state index is 14.0. The average molecular weight is 632 g/mol. The molecule has 1 saturated carbocycles. The Labute approximate surface area is 272 Å². The number of nitrogens with one attached hydrogen (secondary N) is 2. The second kappa shape index (κ2) is 14.6. The second-order valence-electron chi connectivity index (χ2n) is 13.8. The van der Waals surface area contributed by atoms with Crippen LogP contribution in [0.25, 0.3) is 0 Å². The van der Waals surface area contributed by atoms with E-state index in [1.54, 1.807) is 25.7 Å². The molecule has 0 unspecified atom stereocenters. The summed E-state index contributed by atoms with van der Waals surface area (Å²) in [5.74, 6) is 0.262. The summed E-state index contributed by atoms with van der Waals surface area (Å²) in [6.07, 6.45) is 7.32. The number of hydrogen-bond acceptors (Lipinski definition) is 6. The van der Waals surface area contributed by atoms with E-state index in [-0.39, 0.29) is 24.3 Å². The Balaban J connectivity index is 1.17. The zero-order valence-corrected chi connectivity index (χ0v) is 27.6. The molecule has 2 aromatic rings. The number of piperidine rings is 1. The minimum atomic E-state index is -0.819. The molecular weight excluding hydrogens is 582 g/mol. The van der Waals surface area contributed by atoms with Crippen LogP contribution in [0.1, 0.15) is 94.0 Å². The topological polar surface area (TPSA) is 111 Å². The summed E-state index contributed by atoms with van der Waals surface area (Å²) < 4.78 is 5.23. The molecule has 2 saturated heterocycles. The first-order chi connectivity index (χ1) is 22.1. The van der Waals surface area contributed by atoms with Gasteiger partial charge in [-0.05, 0) is 88.6 Å². The number of alkyl carbamates (subject to hydrolysis) is 1. The summed E-state index contributed by atoms with van der Waals surface area (Å²) in [4.78, 5) is 57.8. The molecule has 10 heteroatoms. The van der Waals surface area contributed by atoms with Crippen LogP contribution < -0.4 is 15.5 Å². The monoisotopic (exact) mass is 631 g/mol. The van der Waals surface area contributed by atoms with Crippen molar-refractivity contribution >= 4 is 29.5 Å². The standard InChI is InChI=1S/C36H49N5O5/c1-35(2,3)46-34(45)38-22-10-21-37-31(42)25-40-26-41(30-13-8-5-9-14-30)36(33(40)44)19-23-39(24-20-36)32(43)29-17-15-28(16-18-29)27-11-6-4-7-12-27/h5,8-9,13-18,27H,4,6-7,10-12,19-26H2,1-3H3,(H,37,42)(H,38,45). The van der Waals surface area contributed by atoms with Crippen LogP contribution in [0.3, 0.4) is 0 Å². The number of carbonyl (C=O) groups excluding carboxylic acids is 4. The summed E-state index contributed by atoms with van der Waals surface area (Å²) in [7, 11) is 0. The van der Waals surface area contributed by atoms with E-state index in [4.69, 9.17) is 4.74 Å². The van der Waals surface area contributed by atoms with Crippen LogP contribution in [0.4, 0.5) is 10.5 Å². The van der Waals surface area contributed by atoms with Gasteiger partial charge < -0.3 is 30.1 Å². The van der Waals surface area contributed by atoms with Crippen LogP contribution in [-0.2, 0) is 14.3 Å². The number of nitrogens with zero attached hydrogens (tertiary/aromatic N) is 3. The molecule has 4 amide bonds. The highest BCUT2D eigenvalue weighted by Crippen LogP contribution is 2.40. The summed E-state index contributed by atoms with van der Waals surface area (Å²) in [5, 5.41) is 5.55. The zero-order chi connectivity index (χ0) is 32.7. The third-order valence-electron chi connectivity index (χ3n) is 9.37. The van der Waals surface area contributed by atoms with Crippen molar-refractivity contribution in [3.05, 3.63) is 65.7 Å². The molecule has 248 valence electrons. The van der Waals surface area contributed by atoms with E-state index in [1.807, 2.05) is 47.4 Å². The van der Waals surface area contributed by atoms with Crippen LogP contribution in [-0.4, -0.2) is 84.1 Å². The van der Waals surface area contributed by atoms with Crippen LogP contribution in [0, 0.1) is 0 Å². The van der Waals surface area contributed by atoms with E-state index in [9.17, 15) is 19.2 Å². The largest absolute Gasteiger partial charge is 0.444 e. The van der Waals surface area contributed by atoms with E-state index in [1.165, 1.54) is 37.7 Å². The van der Waals surface area contributed by atoms with Crippen molar-refractivity contribution in [1.82, 2.24) is 20.4 Å². The van der Waals surface area contributed by atoms with Gasteiger partial charge in [-0.15, -0.1) is 0 Å². The number of rotatable bonds is 9. The lowest BCUT2D eigenvalue weighted by Crippen LogP contribution is -2.57. The SMILES string of the molecule is CC(C)(C)OC(=O)NCCCNC(=O)CN1CN(c2ccccc2)C2(CCN(C(=O)c3ccc(C4CCCCC4)cc3)CC2)C1=O. The third kappa shape index (κ3) is 8.00. The summed E-state index contributed by atoms with van der Waals surface area (Å²) >= 11 is 0. The minimum absolute atomic E-state index is 0.000793. The van der Waals surface area contributed by atoms with Gasteiger partial charge in [0.1, 0.15) is 17.7 Å². The van der Waals surface area contributed by atoms with Crippen molar-refractivity contribution in [3.63, 3.8) is 0 Å². The molecule has 0 aromatic heterocycles. The third-order valence-corrected chi connectivity index (χ3v) is 9.37. The molecule has 2 aliphatic heterocycles. The maximum Gasteiger partial charge on any atom is 0.407 e. The van der Waals surface area contributed by atoms with Crippen molar-refractivity contribution < 1.29 is 23.9 Å². The zero-order valence-electron chi connectivity index (χ0n) is 27.6. The smallest absolute Gasteiger partial charge is 0.407 e. The first-order valence-electron chi connectivity index (χ1n) is 16.8. The molecule has 3 aliphatic rings. The molecule has 5 rings (SSSR count). The molecule has 1 spiro atoms. The van der Waals surface area contributed by atoms with E-state index in [2.05, 4.69) is 27.7 Å². The Morgan fingerprint density at radius 3 is 2.20 bits per heavy atom. The Kier molecular flexibility index (Phi) is 10.5. The maximum absolute atomic E-state index is 14.0. The molecule has 1 aliphatic carbocycles. The Morgan fingerprint density at radius 1 is 0.891 bits per heavy atom. The number of ether oxygens (including phenoxy) is 1. The van der Waals surface area contributed by atoms with Gasteiger partial charge in [0, 0.05) is 37.4 Å². The van der Waals surface area contributed by atoms with E-state index >= 15 is 0 Å². The predicted molar refractivity (Wildman–Crippen MR) is 178 cm³/mol. The Morgan fingerprint density at radius 2 is 1.54 bits per heavy atom. The van der Waals surface area contributed by atoms with Gasteiger partial charge in [0.05, 0.1) is 6.67 Å². The highest BCUT2D eigenvalue weighted by molar-refractivity contribution is 5.97. The molecule has 3 fully saturated rings. The Bertz CT molecular complexity index is 1360. The van der Waals surface area contributed by atoms with Crippen LogP contribution in [0.15, 0.2) is 54.6 Å².